The van der Waals surface area contributed by atoms with E-state index in [0.29, 0.717) is 23.4 Å². The third-order valence-corrected chi connectivity index (χ3v) is 6.18. The van der Waals surface area contributed by atoms with Crippen LogP contribution in [0.5, 0.6) is 0 Å². The fraction of sp³-hybridized carbons (Fsp3) is 0.121. The molecule has 0 amide bonds. The number of nitrogens with zero attached hydrogens (tertiary/aromatic N) is 1. The molecule has 0 aromatic heterocycles. The summed E-state index contributed by atoms with van der Waals surface area (Å²) in [6, 6.07) is 7.55. The molecular formula is C33H32N2O3. The van der Waals surface area contributed by atoms with Crippen LogP contribution in [0.2, 0.25) is 0 Å². The molecule has 1 aromatic rings. The number of fused-ring (bicyclic) bond motifs is 1. The summed E-state index contributed by atoms with van der Waals surface area (Å²) < 4.78 is 0. The number of carbonyl (C=O) groups excluding carboxylic acids is 1. The maximum atomic E-state index is 13.0. The SMILES string of the molecule is C=C\C=C/C(=C\C)/C=C(NC(=NC)C1=CC=C(C(=O)O)C=CC1)\C(C)=C\C1=C(C=C)C(=O)c2ccccc21. The predicted molar refractivity (Wildman–Crippen MR) is 157 cm³/mol. The van der Waals surface area contributed by atoms with Crippen LogP contribution >= 0.6 is 0 Å². The Morgan fingerprint density at radius 1 is 1.13 bits per heavy atom. The highest BCUT2D eigenvalue weighted by molar-refractivity contribution is 6.23. The van der Waals surface area contributed by atoms with Crippen molar-refractivity contribution in [1.82, 2.24) is 5.32 Å². The van der Waals surface area contributed by atoms with E-state index < -0.39 is 5.97 Å². The van der Waals surface area contributed by atoms with Crippen LogP contribution in [0.4, 0.5) is 0 Å². The molecule has 1 aromatic carbocycles. The molecule has 38 heavy (non-hydrogen) atoms. The van der Waals surface area contributed by atoms with Gasteiger partial charge in [0.05, 0.1) is 5.57 Å². The van der Waals surface area contributed by atoms with E-state index in [-0.39, 0.29) is 11.4 Å². The minimum absolute atomic E-state index is 0.0385. The van der Waals surface area contributed by atoms with Crippen molar-refractivity contribution in [3.05, 3.63) is 149 Å². The number of rotatable bonds is 9. The van der Waals surface area contributed by atoms with Gasteiger partial charge in [-0.15, -0.1) is 0 Å². The van der Waals surface area contributed by atoms with Crippen molar-refractivity contribution < 1.29 is 14.7 Å². The van der Waals surface area contributed by atoms with Crippen LogP contribution in [-0.2, 0) is 4.79 Å². The topological polar surface area (TPSA) is 78.8 Å². The number of hydrogen-bond donors (Lipinski definition) is 2. The maximum absolute atomic E-state index is 13.0. The largest absolute Gasteiger partial charge is 0.478 e. The van der Waals surface area contributed by atoms with Gasteiger partial charge in [0, 0.05) is 23.9 Å². The van der Waals surface area contributed by atoms with Gasteiger partial charge in [-0.2, -0.15) is 0 Å². The Hall–Kier alpha value is -4.77. The van der Waals surface area contributed by atoms with Crippen molar-refractivity contribution in [1.29, 1.82) is 0 Å². The Kier molecular flexibility index (Phi) is 9.49. The van der Waals surface area contributed by atoms with Crippen molar-refractivity contribution >= 4 is 23.2 Å². The molecule has 192 valence electrons. The lowest BCUT2D eigenvalue weighted by Crippen LogP contribution is -2.25. The Morgan fingerprint density at radius 2 is 1.87 bits per heavy atom. The number of amidine groups is 1. The average molecular weight is 505 g/mol. The first kappa shape index (κ1) is 27.8. The van der Waals surface area contributed by atoms with Crippen LogP contribution in [-0.4, -0.2) is 29.7 Å². The van der Waals surface area contributed by atoms with E-state index in [1.807, 2.05) is 74.6 Å². The van der Waals surface area contributed by atoms with Gasteiger partial charge in [-0.05, 0) is 66.4 Å². The average Bonchev–Trinajstić information content (AvgIpc) is 3.06. The molecule has 0 saturated carbocycles. The highest BCUT2D eigenvalue weighted by Gasteiger charge is 2.26. The Morgan fingerprint density at radius 3 is 2.50 bits per heavy atom. The number of ketones is 1. The lowest BCUT2D eigenvalue weighted by atomic mass is 10.0. The van der Waals surface area contributed by atoms with Crippen LogP contribution in [0.15, 0.2) is 143 Å². The monoisotopic (exact) mass is 504 g/mol. The first-order chi connectivity index (χ1) is 18.3. The van der Waals surface area contributed by atoms with Gasteiger partial charge in [-0.1, -0.05) is 86.0 Å². The first-order valence-electron chi connectivity index (χ1n) is 12.3. The summed E-state index contributed by atoms with van der Waals surface area (Å²) in [5.41, 5.74) is 6.56. The van der Waals surface area contributed by atoms with E-state index in [9.17, 15) is 14.7 Å². The lowest BCUT2D eigenvalue weighted by molar-refractivity contribution is -0.132. The van der Waals surface area contributed by atoms with Gasteiger partial charge < -0.3 is 10.4 Å². The summed E-state index contributed by atoms with van der Waals surface area (Å²) in [6.07, 6.45) is 20.4. The molecule has 0 aliphatic heterocycles. The number of aliphatic carboxylic acids is 1. The van der Waals surface area contributed by atoms with Gasteiger partial charge >= 0.3 is 5.97 Å². The van der Waals surface area contributed by atoms with Crippen LogP contribution in [0.3, 0.4) is 0 Å². The summed E-state index contributed by atoms with van der Waals surface area (Å²) in [5, 5.41) is 12.8. The standard InChI is InChI=1S/C33H32N2O3/c1-6-9-13-23(7-2)21-30(35-32(34-5)24-14-12-15-25(19-18-24)33(37)38)22(4)20-29-26(8-3)31(36)28-17-11-10-16-27(28)29/h6-13,15-21H,1,3,14H2,2,4-5H3,(H,34,35)(H,37,38)/b13-9-,22-20+,23-7+,30-21+. The third-order valence-electron chi connectivity index (χ3n) is 6.18. The second-order valence-corrected chi connectivity index (χ2v) is 8.60. The van der Waals surface area contributed by atoms with Gasteiger partial charge in [0.1, 0.15) is 5.84 Å². The van der Waals surface area contributed by atoms with Gasteiger partial charge in [0.15, 0.2) is 5.78 Å². The molecule has 2 aliphatic rings. The normalized spacial score (nSPS) is 16.8. The van der Waals surface area contributed by atoms with Crippen molar-refractivity contribution in [2.45, 2.75) is 20.3 Å². The number of benzene rings is 1. The summed E-state index contributed by atoms with van der Waals surface area (Å²) in [7, 11) is 1.69. The molecular weight excluding hydrogens is 472 g/mol. The predicted octanol–water partition coefficient (Wildman–Crippen LogP) is 6.86. The second kappa shape index (κ2) is 13.0. The van der Waals surface area contributed by atoms with E-state index in [1.54, 1.807) is 37.4 Å². The Balaban J connectivity index is 2.11. The van der Waals surface area contributed by atoms with Gasteiger partial charge in [0.2, 0.25) is 0 Å². The van der Waals surface area contributed by atoms with E-state index in [4.69, 9.17) is 0 Å². The number of carboxylic acids is 1. The highest BCUT2D eigenvalue weighted by atomic mass is 16.4. The minimum Gasteiger partial charge on any atom is -0.478 e. The van der Waals surface area contributed by atoms with Crippen molar-refractivity contribution in [2.24, 2.45) is 4.99 Å². The number of carbonyl (C=O) groups is 2. The number of nitrogens with one attached hydrogen (secondary N) is 1. The molecule has 2 N–H and O–H groups in total. The maximum Gasteiger partial charge on any atom is 0.335 e. The molecule has 0 unspecified atom stereocenters. The summed E-state index contributed by atoms with van der Waals surface area (Å²) in [5.74, 6) is -0.408. The van der Waals surface area contributed by atoms with Gasteiger partial charge in [-0.25, -0.2) is 4.79 Å². The molecule has 3 rings (SSSR count). The molecule has 2 aliphatic carbocycles. The number of carboxylic acid groups (broad SMARTS) is 1. The number of allylic oxidation sites excluding steroid dienone is 14. The third kappa shape index (κ3) is 6.31. The van der Waals surface area contributed by atoms with Crippen LogP contribution < -0.4 is 5.32 Å². The van der Waals surface area contributed by atoms with Crippen molar-refractivity contribution in [3.8, 4) is 0 Å². The van der Waals surface area contributed by atoms with Crippen LogP contribution in [0, 0.1) is 0 Å². The number of hydrogen-bond acceptors (Lipinski definition) is 3. The Labute approximate surface area is 224 Å². The zero-order chi connectivity index (χ0) is 27.7. The van der Waals surface area contributed by atoms with E-state index in [2.05, 4.69) is 23.5 Å². The van der Waals surface area contributed by atoms with Crippen LogP contribution in [0.1, 0.15) is 36.2 Å². The molecule has 0 atom stereocenters. The lowest BCUT2D eigenvalue weighted by Gasteiger charge is -2.17. The molecule has 0 radical (unpaired) electrons. The van der Waals surface area contributed by atoms with Crippen molar-refractivity contribution in [2.75, 3.05) is 7.05 Å². The molecule has 0 saturated heterocycles. The van der Waals surface area contributed by atoms with E-state index in [0.717, 1.165) is 33.6 Å². The zero-order valence-electron chi connectivity index (χ0n) is 22.0. The molecule has 0 fully saturated rings. The number of aliphatic imine (C=N–C) groups is 1. The zero-order valence-corrected chi connectivity index (χ0v) is 22.0. The number of Topliss-reactive ketones (excluding diaryl/α,β-unsaturated/α-hetero) is 1. The van der Waals surface area contributed by atoms with Gasteiger partial charge in [0.25, 0.3) is 0 Å². The molecule has 0 spiro atoms. The minimum atomic E-state index is -0.981. The Bertz CT molecular complexity index is 1450. The molecule has 0 bridgehead atoms. The second-order valence-electron chi connectivity index (χ2n) is 8.60. The summed E-state index contributed by atoms with van der Waals surface area (Å²) in [4.78, 5) is 28.9. The summed E-state index contributed by atoms with van der Waals surface area (Å²) >= 11 is 0. The smallest absolute Gasteiger partial charge is 0.335 e. The molecule has 5 nitrogen and oxygen atoms in total. The fourth-order valence-electron chi connectivity index (χ4n) is 4.16. The fourth-order valence-corrected chi connectivity index (χ4v) is 4.16. The first-order valence-corrected chi connectivity index (χ1v) is 12.3. The van der Waals surface area contributed by atoms with E-state index in [1.165, 1.54) is 0 Å². The molecule has 0 heterocycles. The molecule has 5 heteroatoms. The highest BCUT2D eigenvalue weighted by Crippen LogP contribution is 2.35. The van der Waals surface area contributed by atoms with Crippen molar-refractivity contribution in [3.63, 3.8) is 0 Å². The van der Waals surface area contributed by atoms with Crippen LogP contribution in [0.25, 0.3) is 5.57 Å². The summed E-state index contributed by atoms with van der Waals surface area (Å²) in [6.45, 7) is 11.6. The van der Waals surface area contributed by atoms with Gasteiger partial charge in [-0.3, -0.25) is 9.79 Å². The van der Waals surface area contributed by atoms with E-state index >= 15 is 0 Å². The quantitative estimate of drug-likeness (QED) is 0.219.